The van der Waals surface area contributed by atoms with Crippen molar-refractivity contribution in [1.82, 2.24) is 9.97 Å². The Morgan fingerprint density at radius 1 is 1.60 bits per heavy atom. The second-order valence-corrected chi connectivity index (χ2v) is 3.44. The van der Waals surface area contributed by atoms with Gasteiger partial charge in [0.25, 0.3) is 5.56 Å². The lowest BCUT2D eigenvalue weighted by molar-refractivity contribution is 0.112. The molecule has 1 rings (SSSR count). The van der Waals surface area contributed by atoms with Crippen molar-refractivity contribution in [3.8, 4) is 0 Å². The van der Waals surface area contributed by atoms with Crippen LogP contribution in [-0.2, 0) is 11.2 Å². The van der Waals surface area contributed by atoms with Crippen LogP contribution in [-0.4, -0.2) is 17.1 Å². The summed E-state index contributed by atoms with van der Waals surface area (Å²) in [7, 11) is 1.56. The van der Waals surface area contributed by atoms with Crippen LogP contribution in [0.3, 0.4) is 0 Å². The Morgan fingerprint density at radius 3 is 2.73 bits per heavy atom. The van der Waals surface area contributed by atoms with Gasteiger partial charge in [-0.2, -0.15) is 0 Å². The molecule has 1 heterocycles. The van der Waals surface area contributed by atoms with Crippen molar-refractivity contribution in [2.24, 2.45) is 0 Å². The van der Waals surface area contributed by atoms with Crippen LogP contribution in [0.15, 0.2) is 4.79 Å². The quantitative estimate of drug-likeness (QED) is 0.778. The molecule has 0 amide bonds. The Hall–Kier alpha value is -1.36. The summed E-state index contributed by atoms with van der Waals surface area (Å²) in [6.45, 7) is 3.79. The molecule has 0 saturated heterocycles. The molecule has 5 nitrogen and oxygen atoms in total. The zero-order valence-electron chi connectivity index (χ0n) is 9.33. The molecule has 1 aromatic rings. The Labute approximate surface area is 88.7 Å². The highest BCUT2D eigenvalue weighted by Crippen LogP contribution is 2.12. The number of anilines is 1. The monoisotopic (exact) mass is 211 g/mol. The van der Waals surface area contributed by atoms with E-state index in [0.29, 0.717) is 23.6 Å². The van der Waals surface area contributed by atoms with Gasteiger partial charge in [-0.25, -0.2) is 4.98 Å². The fourth-order valence-electron chi connectivity index (χ4n) is 1.33. The van der Waals surface area contributed by atoms with E-state index >= 15 is 0 Å². The Kier molecular flexibility index (Phi) is 3.85. The molecule has 1 unspecified atom stereocenters. The molecule has 15 heavy (non-hydrogen) atoms. The number of hydrogen-bond donors (Lipinski definition) is 2. The molecule has 0 fully saturated rings. The SMILES string of the molecule is CCCc1c(N)nc(C(C)OC)[nH]c1=O. The molecule has 0 aromatic carbocycles. The zero-order valence-corrected chi connectivity index (χ0v) is 9.33. The third kappa shape index (κ3) is 2.56. The van der Waals surface area contributed by atoms with Gasteiger partial charge in [0.2, 0.25) is 0 Å². The first-order chi connectivity index (χ1) is 7.10. The van der Waals surface area contributed by atoms with Crippen molar-refractivity contribution in [1.29, 1.82) is 0 Å². The second kappa shape index (κ2) is 4.93. The van der Waals surface area contributed by atoms with Crippen LogP contribution in [0, 0.1) is 0 Å². The number of nitrogens with one attached hydrogen (secondary N) is 1. The van der Waals surface area contributed by atoms with Crippen molar-refractivity contribution in [2.45, 2.75) is 32.8 Å². The van der Waals surface area contributed by atoms with E-state index in [1.807, 2.05) is 6.92 Å². The molecule has 3 N–H and O–H groups in total. The molecule has 0 saturated carbocycles. The fraction of sp³-hybridized carbons (Fsp3) is 0.600. The summed E-state index contributed by atoms with van der Waals surface area (Å²) >= 11 is 0. The molecule has 0 aliphatic heterocycles. The number of hydrogen-bond acceptors (Lipinski definition) is 4. The van der Waals surface area contributed by atoms with E-state index in [0.717, 1.165) is 6.42 Å². The molecule has 1 aromatic heterocycles. The average molecular weight is 211 g/mol. The summed E-state index contributed by atoms with van der Waals surface area (Å²) in [5.74, 6) is 0.777. The van der Waals surface area contributed by atoms with E-state index in [4.69, 9.17) is 10.5 Å². The maximum Gasteiger partial charge on any atom is 0.256 e. The van der Waals surface area contributed by atoms with Crippen LogP contribution in [0.2, 0.25) is 0 Å². The first-order valence-electron chi connectivity index (χ1n) is 5.01. The number of H-pyrrole nitrogens is 1. The first-order valence-corrected chi connectivity index (χ1v) is 5.01. The lowest BCUT2D eigenvalue weighted by Crippen LogP contribution is -2.21. The minimum absolute atomic E-state index is 0.164. The second-order valence-electron chi connectivity index (χ2n) is 3.44. The van der Waals surface area contributed by atoms with Crippen LogP contribution >= 0.6 is 0 Å². The highest BCUT2D eigenvalue weighted by atomic mass is 16.5. The molecular weight excluding hydrogens is 194 g/mol. The molecule has 0 aliphatic rings. The molecule has 84 valence electrons. The Balaban J connectivity index is 3.13. The number of nitrogens with two attached hydrogens (primary N) is 1. The van der Waals surface area contributed by atoms with Gasteiger partial charge in [0, 0.05) is 7.11 Å². The Morgan fingerprint density at radius 2 is 2.27 bits per heavy atom. The van der Waals surface area contributed by atoms with Gasteiger partial charge in [0.15, 0.2) is 0 Å². The highest BCUT2D eigenvalue weighted by Gasteiger charge is 2.12. The van der Waals surface area contributed by atoms with Crippen molar-refractivity contribution >= 4 is 5.82 Å². The van der Waals surface area contributed by atoms with E-state index in [9.17, 15) is 4.79 Å². The van der Waals surface area contributed by atoms with Crippen LogP contribution in [0.4, 0.5) is 5.82 Å². The van der Waals surface area contributed by atoms with E-state index in [1.54, 1.807) is 14.0 Å². The number of aromatic nitrogens is 2. The van der Waals surface area contributed by atoms with Crippen LogP contribution in [0.25, 0.3) is 0 Å². The summed E-state index contributed by atoms with van der Waals surface area (Å²) in [4.78, 5) is 18.4. The molecule has 1 atom stereocenters. The summed E-state index contributed by atoms with van der Waals surface area (Å²) in [6, 6.07) is 0. The summed E-state index contributed by atoms with van der Waals surface area (Å²) in [5.41, 5.74) is 6.11. The largest absolute Gasteiger partial charge is 0.383 e. The average Bonchev–Trinajstić information content (AvgIpc) is 2.22. The number of nitrogen functional groups attached to an aromatic ring is 1. The molecular formula is C10H17N3O2. The van der Waals surface area contributed by atoms with Gasteiger partial charge in [-0.15, -0.1) is 0 Å². The maximum atomic E-state index is 11.6. The third-order valence-corrected chi connectivity index (χ3v) is 2.30. The van der Waals surface area contributed by atoms with E-state index < -0.39 is 0 Å². The van der Waals surface area contributed by atoms with E-state index in [2.05, 4.69) is 9.97 Å². The number of methoxy groups -OCH3 is 1. The molecule has 0 spiro atoms. The number of rotatable bonds is 4. The van der Waals surface area contributed by atoms with Gasteiger partial charge in [0.1, 0.15) is 17.7 Å². The minimum atomic E-state index is -0.254. The smallest absolute Gasteiger partial charge is 0.256 e. The molecule has 0 radical (unpaired) electrons. The third-order valence-electron chi connectivity index (χ3n) is 2.30. The standard InChI is InChI=1S/C10H17N3O2/c1-4-5-7-8(11)12-9(6(2)15-3)13-10(7)14/h6H,4-5H2,1-3H3,(H3,11,12,13,14). The van der Waals surface area contributed by atoms with Crippen LogP contribution in [0.1, 0.15) is 37.8 Å². The molecule has 0 aliphatic carbocycles. The normalized spacial score (nSPS) is 12.7. The van der Waals surface area contributed by atoms with E-state index in [1.165, 1.54) is 0 Å². The topological polar surface area (TPSA) is 81.0 Å². The van der Waals surface area contributed by atoms with Crippen molar-refractivity contribution < 1.29 is 4.74 Å². The Bertz CT molecular complexity index is 387. The molecule has 0 bridgehead atoms. The van der Waals surface area contributed by atoms with Gasteiger partial charge in [-0.05, 0) is 13.3 Å². The van der Waals surface area contributed by atoms with E-state index in [-0.39, 0.29) is 11.7 Å². The lowest BCUT2D eigenvalue weighted by Gasteiger charge is -2.10. The summed E-state index contributed by atoms with van der Waals surface area (Å²) in [6.07, 6.45) is 1.26. The lowest BCUT2D eigenvalue weighted by atomic mass is 10.2. The summed E-state index contributed by atoms with van der Waals surface area (Å²) in [5, 5.41) is 0. The summed E-state index contributed by atoms with van der Waals surface area (Å²) < 4.78 is 5.06. The first kappa shape index (κ1) is 11.7. The van der Waals surface area contributed by atoms with Gasteiger partial charge in [-0.3, -0.25) is 4.79 Å². The van der Waals surface area contributed by atoms with Crippen LogP contribution in [0.5, 0.6) is 0 Å². The maximum absolute atomic E-state index is 11.6. The minimum Gasteiger partial charge on any atom is -0.383 e. The van der Waals surface area contributed by atoms with Crippen molar-refractivity contribution in [3.05, 3.63) is 21.7 Å². The highest BCUT2D eigenvalue weighted by molar-refractivity contribution is 5.37. The van der Waals surface area contributed by atoms with Gasteiger partial charge >= 0.3 is 0 Å². The number of nitrogens with zero attached hydrogens (tertiary/aromatic N) is 1. The number of ether oxygens (including phenoxy) is 1. The van der Waals surface area contributed by atoms with Gasteiger partial charge < -0.3 is 15.5 Å². The van der Waals surface area contributed by atoms with Crippen molar-refractivity contribution in [2.75, 3.05) is 12.8 Å². The molecule has 5 heteroatoms. The van der Waals surface area contributed by atoms with Gasteiger partial charge in [0.05, 0.1) is 5.56 Å². The number of aromatic amines is 1. The zero-order chi connectivity index (χ0) is 11.4. The van der Waals surface area contributed by atoms with Crippen LogP contribution < -0.4 is 11.3 Å². The fourth-order valence-corrected chi connectivity index (χ4v) is 1.33. The predicted molar refractivity (Wildman–Crippen MR) is 58.7 cm³/mol. The van der Waals surface area contributed by atoms with Crippen molar-refractivity contribution in [3.63, 3.8) is 0 Å². The predicted octanol–water partition coefficient (Wildman–Crippen LogP) is 1.01. The van der Waals surface area contributed by atoms with Gasteiger partial charge in [-0.1, -0.05) is 13.3 Å².